The van der Waals surface area contributed by atoms with Crippen molar-refractivity contribution in [3.63, 3.8) is 0 Å². The minimum atomic E-state index is -0.680. The van der Waals surface area contributed by atoms with Crippen molar-refractivity contribution < 1.29 is 19.1 Å². The topological polar surface area (TPSA) is 72.5 Å². The summed E-state index contributed by atoms with van der Waals surface area (Å²) in [6.07, 6.45) is 5.01. The number of aldehydes is 1. The highest BCUT2D eigenvalue weighted by Gasteiger charge is 2.15. The van der Waals surface area contributed by atoms with Crippen LogP contribution in [-0.2, 0) is 14.3 Å². The molecule has 0 bridgehead atoms. The predicted molar refractivity (Wildman–Crippen MR) is 111 cm³/mol. The van der Waals surface area contributed by atoms with Gasteiger partial charge >= 0.3 is 5.97 Å². The molecule has 0 heterocycles. The normalized spacial score (nSPS) is 10.6. The lowest BCUT2D eigenvalue weighted by Gasteiger charge is -2.01. The van der Waals surface area contributed by atoms with E-state index in [2.05, 4.69) is 10.1 Å². The van der Waals surface area contributed by atoms with Gasteiger partial charge in [0.1, 0.15) is 11.9 Å². The molecule has 0 saturated heterocycles. The van der Waals surface area contributed by atoms with E-state index in [0.717, 1.165) is 11.8 Å². The fourth-order valence-electron chi connectivity index (χ4n) is 1.86. The van der Waals surface area contributed by atoms with Gasteiger partial charge in [-0.25, -0.2) is 4.79 Å². The number of methoxy groups -OCH3 is 1. The molecule has 0 aliphatic rings. The third-order valence-electron chi connectivity index (χ3n) is 3.26. The summed E-state index contributed by atoms with van der Waals surface area (Å²) >= 11 is 11.3. The molecule has 0 fully saturated rings. The molecule has 0 atom stereocenters. The number of carbonyl (C=O) groups is 3. The highest BCUT2D eigenvalue weighted by molar-refractivity contribution is 6.30. The molecule has 2 rings (SSSR count). The molecule has 2 aromatic carbocycles. The molecule has 0 unspecified atom stereocenters. The number of hydrogen-bond donors (Lipinski definition) is 1. The van der Waals surface area contributed by atoms with Gasteiger partial charge in [0.2, 0.25) is 0 Å². The molecule has 0 saturated carbocycles. The summed E-state index contributed by atoms with van der Waals surface area (Å²) in [5.41, 5.74) is 1.40. The Bertz CT molecular complexity index is 857. The summed E-state index contributed by atoms with van der Waals surface area (Å²) in [6, 6.07) is 13.7. The molecule has 0 aliphatic heterocycles. The molecule has 2 aromatic rings. The molecule has 28 heavy (non-hydrogen) atoms. The van der Waals surface area contributed by atoms with E-state index in [1.807, 2.05) is 0 Å². The minimum Gasteiger partial charge on any atom is -0.465 e. The predicted octanol–water partition coefficient (Wildman–Crippen LogP) is 4.35. The Morgan fingerprint density at radius 2 is 1.43 bits per heavy atom. The summed E-state index contributed by atoms with van der Waals surface area (Å²) in [5.74, 6) is -1.11. The molecule has 5 nitrogen and oxygen atoms in total. The van der Waals surface area contributed by atoms with Crippen LogP contribution in [0.1, 0.15) is 15.9 Å². The first-order chi connectivity index (χ1) is 13.4. The van der Waals surface area contributed by atoms with E-state index in [9.17, 15) is 14.4 Å². The third kappa shape index (κ3) is 8.20. The average Bonchev–Trinajstić information content (AvgIpc) is 2.72. The fraction of sp³-hybridized carbons (Fsp3) is 0.0952. The Hall–Kier alpha value is -2.89. The molecule has 7 heteroatoms. The van der Waals surface area contributed by atoms with Crippen molar-refractivity contribution in [3.05, 3.63) is 87.6 Å². The summed E-state index contributed by atoms with van der Waals surface area (Å²) in [7, 11) is 2.82. The minimum absolute atomic E-state index is 0.0600. The van der Waals surface area contributed by atoms with Crippen molar-refractivity contribution in [1.82, 2.24) is 5.32 Å². The van der Waals surface area contributed by atoms with Gasteiger partial charge in [-0.2, -0.15) is 0 Å². The zero-order valence-corrected chi connectivity index (χ0v) is 16.8. The number of esters is 1. The van der Waals surface area contributed by atoms with E-state index in [4.69, 9.17) is 23.2 Å². The smallest absolute Gasteiger partial charge is 0.343 e. The average molecular weight is 420 g/mol. The van der Waals surface area contributed by atoms with Crippen LogP contribution in [0.15, 0.2) is 66.4 Å². The Morgan fingerprint density at radius 3 is 1.86 bits per heavy atom. The Balaban J connectivity index is 0.000000362. The summed E-state index contributed by atoms with van der Waals surface area (Å²) < 4.78 is 4.53. The standard InChI is InChI=1S/C14H14ClNO3.C7H5ClO/c1-16-9-12(14(18)19-2)13(17)8-5-10-3-6-11(15)7-4-10;8-7-3-1-6(5-9)2-4-7/h3-9,16H,1-2H3;1-5H. The lowest BCUT2D eigenvalue weighted by atomic mass is 10.1. The SMILES string of the molecule is CNC=C(C(=O)C=Cc1ccc(Cl)cc1)C(=O)OC.O=Cc1ccc(Cl)cc1. The molecular formula is C21H19Cl2NO4. The summed E-state index contributed by atoms with van der Waals surface area (Å²) in [5, 5.41) is 3.91. The number of benzene rings is 2. The number of carbonyl (C=O) groups excluding carboxylic acids is 3. The van der Waals surface area contributed by atoms with E-state index in [1.54, 1.807) is 61.7 Å². The maximum absolute atomic E-state index is 11.9. The number of nitrogens with one attached hydrogen (secondary N) is 1. The quantitative estimate of drug-likeness (QED) is 0.247. The van der Waals surface area contributed by atoms with Crippen molar-refractivity contribution in [2.45, 2.75) is 0 Å². The van der Waals surface area contributed by atoms with E-state index >= 15 is 0 Å². The molecule has 146 valence electrons. The first-order valence-corrected chi connectivity index (χ1v) is 8.81. The molecule has 1 N–H and O–H groups in total. The van der Waals surface area contributed by atoms with Gasteiger partial charge in [0.25, 0.3) is 0 Å². The van der Waals surface area contributed by atoms with Crippen molar-refractivity contribution in [2.24, 2.45) is 0 Å². The van der Waals surface area contributed by atoms with Gasteiger partial charge < -0.3 is 10.1 Å². The van der Waals surface area contributed by atoms with Crippen LogP contribution in [0.4, 0.5) is 0 Å². The molecular weight excluding hydrogens is 401 g/mol. The van der Waals surface area contributed by atoms with Crippen LogP contribution in [0, 0.1) is 0 Å². The zero-order valence-electron chi connectivity index (χ0n) is 15.3. The number of hydrogen-bond acceptors (Lipinski definition) is 5. The zero-order chi connectivity index (χ0) is 20.9. The third-order valence-corrected chi connectivity index (χ3v) is 3.77. The van der Waals surface area contributed by atoms with Gasteiger partial charge in [0.15, 0.2) is 5.78 Å². The highest BCUT2D eigenvalue weighted by Crippen LogP contribution is 2.11. The van der Waals surface area contributed by atoms with Crippen LogP contribution in [0.2, 0.25) is 10.0 Å². The maximum Gasteiger partial charge on any atom is 0.343 e. The molecule has 0 radical (unpaired) electrons. The first-order valence-electron chi connectivity index (χ1n) is 8.05. The molecule has 0 amide bonds. The van der Waals surface area contributed by atoms with Gasteiger partial charge in [-0.1, -0.05) is 53.5 Å². The number of halogens is 2. The van der Waals surface area contributed by atoms with Crippen LogP contribution in [0.5, 0.6) is 0 Å². The second kappa shape index (κ2) is 12.5. The van der Waals surface area contributed by atoms with E-state index in [-0.39, 0.29) is 5.57 Å². The van der Waals surface area contributed by atoms with Crippen LogP contribution < -0.4 is 5.32 Å². The Labute approximate surface area is 173 Å². The Kier molecular flexibility index (Phi) is 10.3. The van der Waals surface area contributed by atoms with Gasteiger partial charge in [-0.15, -0.1) is 0 Å². The van der Waals surface area contributed by atoms with Gasteiger partial charge in [0, 0.05) is 28.9 Å². The second-order valence-corrected chi connectivity index (χ2v) is 6.13. The van der Waals surface area contributed by atoms with Crippen molar-refractivity contribution >= 4 is 47.3 Å². The number of ketones is 1. The van der Waals surface area contributed by atoms with Gasteiger partial charge in [-0.3, -0.25) is 9.59 Å². The fourth-order valence-corrected chi connectivity index (χ4v) is 2.11. The number of allylic oxidation sites excluding steroid dienone is 1. The van der Waals surface area contributed by atoms with Crippen LogP contribution in [0.3, 0.4) is 0 Å². The van der Waals surface area contributed by atoms with Crippen LogP contribution >= 0.6 is 23.2 Å². The second-order valence-electron chi connectivity index (χ2n) is 5.26. The Morgan fingerprint density at radius 1 is 0.929 bits per heavy atom. The van der Waals surface area contributed by atoms with E-state index in [0.29, 0.717) is 15.6 Å². The summed E-state index contributed by atoms with van der Waals surface area (Å²) in [6.45, 7) is 0. The lowest BCUT2D eigenvalue weighted by Crippen LogP contribution is -2.15. The number of rotatable bonds is 6. The molecule has 0 aliphatic carbocycles. The molecule has 0 spiro atoms. The maximum atomic E-state index is 11.9. The van der Waals surface area contributed by atoms with Crippen LogP contribution in [-0.4, -0.2) is 32.2 Å². The van der Waals surface area contributed by atoms with Crippen molar-refractivity contribution in [3.8, 4) is 0 Å². The van der Waals surface area contributed by atoms with Crippen molar-refractivity contribution in [2.75, 3.05) is 14.2 Å². The number of ether oxygens (including phenoxy) is 1. The molecule has 0 aromatic heterocycles. The monoisotopic (exact) mass is 419 g/mol. The lowest BCUT2D eigenvalue weighted by molar-refractivity contribution is -0.137. The summed E-state index contributed by atoms with van der Waals surface area (Å²) in [4.78, 5) is 33.3. The van der Waals surface area contributed by atoms with E-state index < -0.39 is 11.8 Å². The van der Waals surface area contributed by atoms with Gasteiger partial charge in [-0.05, 0) is 35.9 Å². The van der Waals surface area contributed by atoms with Crippen LogP contribution in [0.25, 0.3) is 6.08 Å². The van der Waals surface area contributed by atoms with Crippen molar-refractivity contribution in [1.29, 1.82) is 0 Å². The van der Waals surface area contributed by atoms with E-state index in [1.165, 1.54) is 19.4 Å². The van der Waals surface area contributed by atoms with Gasteiger partial charge in [0.05, 0.1) is 7.11 Å². The first kappa shape index (κ1) is 23.1. The highest BCUT2D eigenvalue weighted by atomic mass is 35.5. The largest absolute Gasteiger partial charge is 0.465 e.